The number of amides is 2. The maximum atomic E-state index is 12.8. The molecule has 0 spiro atoms. The quantitative estimate of drug-likeness (QED) is 0.512. The number of carbonyl (C=O) groups is 2. The Morgan fingerprint density at radius 1 is 0.839 bits per heavy atom. The molecule has 0 fully saturated rings. The number of fused-ring (bicyclic) bond motifs is 1. The van der Waals surface area contributed by atoms with E-state index < -0.39 is 23.6 Å². The van der Waals surface area contributed by atoms with E-state index in [0.29, 0.717) is 16.9 Å². The first kappa shape index (κ1) is 20.1. The highest BCUT2D eigenvalue weighted by atomic mass is 19.4. The Balaban J connectivity index is 1.48. The van der Waals surface area contributed by atoms with Gasteiger partial charge in [0.25, 0.3) is 11.8 Å². The summed E-state index contributed by atoms with van der Waals surface area (Å²) in [5.74, 6) is -1.02. The fourth-order valence-electron chi connectivity index (χ4n) is 2.88. The van der Waals surface area contributed by atoms with Crippen molar-refractivity contribution in [2.45, 2.75) is 6.18 Å². The third kappa shape index (κ3) is 4.53. The van der Waals surface area contributed by atoms with Crippen LogP contribution in [-0.4, -0.2) is 26.4 Å². The minimum absolute atomic E-state index is 0.0107. The van der Waals surface area contributed by atoms with Gasteiger partial charge in [-0.1, -0.05) is 12.1 Å². The molecule has 2 N–H and O–H groups in total. The summed E-state index contributed by atoms with van der Waals surface area (Å²) in [7, 11) is 0. The van der Waals surface area contributed by atoms with Crippen LogP contribution in [-0.2, 0) is 6.18 Å². The second-order valence-electron chi connectivity index (χ2n) is 6.58. The summed E-state index contributed by atoms with van der Waals surface area (Å²) in [5.41, 5.74) is 0.610. The summed E-state index contributed by atoms with van der Waals surface area (Å²) in [6, 6.07) is 13.6. The molecule has 7 nitrogen and oxygen atoms in total. The Morgan fingerprint density at radius 3 is 2.26 bits per heavy atom. The largest absolute Gasteiger partial charge is 0.416 e. The van der Waals surface area contributed by atoms with Crippen molar-refractivity contribution in [1.82, 2.24) is 14.6 Å². The number of nitrogens with zero attached hydrogens (tertiary/aromatic N) is 3. The number of halogens is 3. The van der Waals surface area contributed by atoms with Crippen LogP contribution in [0.3, 0.4) is 0 Å². The van der Waals surface area contributed by atoms with Crippen LogP contribution < -0.4 is 10.6 Å². The lowest BCUT2D eigenvalue weighted by Gasteiger charge is -2.11. The number of alkyl halides is 3. The predicted molar refractivity (Wildman–Crippen MR) is 107 cm³/mol. The van der Waals surface area contributed by atoms with E-state index in [0.717, 1.165) is 12.1 Å². The lowest BCUT2D eigenvalue weighted by Crippen LogP contribution is -2.15. The van der Waals surface area contributed by atoms with Crippen molar-refractivity contribution in [3.63, 3.8) is 0 Å². The Labute approximate surface area is 173 Å². The first-order valence-electron chi connectivity index (χ1n) is 8.99. The van der Waals surface area contributed by atoms with E-state index in [1.807, 2.05) is 0 Å². The molecule has 4 rings (SSSR count). The number of pyridine rings is 1. The summed E-state index contributed by atoms with van der Waals surface area (Å²) >= 11 is 0. The van der Waals surface area contributed by atoms with Gasteiger partial charge in [-0.25, -0.2) is 0 Å². The minimum Gasteiger partial charge on any atom is -0.322 e. The summed E-state index contributed by atoms with van der Waals surface area (Å²) in [5, 5.41) is 12.7. The first-order chi connectivity index (χ1) is 14.8. The standard InChI is InChI=1S/C21H14F3N5O2/c22-21(23,24)15-4-2-6-17(10-15)27-19(30)13-3-1-5-16(9-13)26-20(31)14-7-8-18-28-25-12-29(18)11-14/h1-12H,(H,26,31)(H,27,30). The molecule has 0 unspecified atom stereocenters. The number of anilines is 2. The number of carbonyl (C=O) groups excluding carboxylic acids is 2. The fraction of sp³-hybridized carbons (Fsp3) is 0.0476. The lowest BCUT2D eigenvalue weighted by molar-refractivity contribution is -0.137. The van der Waals surface area contributed by atoms with Crippen LogP contribution in [0.25, 0.3) is 5.65 Å². The van der Waals surface area contributed by atoms with E-state index in [-0.39, 0.29) is 11.3 Å². The van der Waals surface area contributed by atoms with E-state index in [1.165, 1.54) is 30.6 Å². The maximum Gasteiger partial charge on any atom is 0.416 e. The number of rotatable bonds is 4. The van der Waals surface area contributed by atoms with Crippen LogP contribution in [0.15, 0.2) is 73.2 Å². The van der Waals surface area contributed by atoms with Gasteiger partial charge in [0.15, 0.2) is 5.65 Å². The highest BCUT2D eigenvalue weighted by molar-refractivity contribution is 6.07. The molecule has 0 aliphatic heterocycles. The monoisotopic (exact) mass is 425 g/mol. The average molecular weight is 425 g/mol. The van der Waals surface area contributed by atoms with Crippen LogP contribution in [0, 0.1) is 0 Å². The van der Waals surface area contributed by atoms with Crippen molar-refractivity contribution in [3.8, 4) is 0 Å². The number of nitrogens with one attached hydrogen (secondary N) is 2. The Morgan fingerprint density at radius 2 is 1.52 bits per heavy atom. The molecule has 0 bridgehead atoms. The molecular formula is C21H14F3N5O2. The third-order valence-corrected chi connectivity index (χ3v) is 4.38. The first-order valence-corrected chi connectivity index (χ1v) is 8.99. The number of aromatic nitrogens is 3. The molecule has 2 heterocycles. The zero-order valence-corrected chi connectivity index (χ0v) is 15.7. The molecule has 0 saturated carbocycles. The van der Waals surface area contributed by atoms with E-state index in [9.17, 15) is 22.8 Å². The van der Waals surface area contributed by atoms with Crippen molar-refractivity contribution in [1.29, 1.82) is 0 Å². The second kappa shape index (κ2) is 7.90. The summed E-state index contributed by atoms with van der Waals surface area (Å²) in [6.07, 6.45) is -1.49. The summed E-state index contributed by atoms with van der Waals surface area (Å²) in [4.78, 5) is 25.0. The maximum absolute atomic E-state index is 12.8. The van der Waals surface area contributed by atoms with Gasteiger partial charge in [0.1, 0.15) is 6.33 Å². The third-order valence-electron chi connectivity index (χ3n) is 4.38. The van der Waals surface area contributed by atoms with Gasteiger partial charge in [0.2, 0.25) is 0 Å². The minimum atomic E-state index is -4.51. The SMILES string of the molecule is O=C(Nc1cccc(C(F)(F)F)c1)c1cccc(NC(=O)c2ccc3nncn3c2)c1. The molecule has 2 aromatic carbocycles. The van der Waals surface area contributed by atoms with Crippen molar-refractivity contribution in [3.05, 3.63) is 89.9 Å². The van der Waals surface area contributed by atoms with Gasteiger partial charge in [-0.05, 0) is 48.5 Å². The predicted octanol–water partition coefficient (Wildman–Crippen LogP) is 4.25. The van der Waals surface area contributed by atoms with Crippen LogP contribution in [0.1, 0.15) is 26.3 Å². The molecule has 0 radical (unpaired) electrons. The van der Waals surface area contributed by atoms with Crippen molar-refractivity contribution < 1.29 is 22.8 Å². The zero-order chi connectivity index (χ0) is 22.0. The zero-order valence-electron chi connectivity index (χ0n) is 15.7. The molecule has 10 heteroatoms. The molecule has 0 atom stereocenters. The van der Waals surface area contributed by atoms with Crippen LogP contribution in [0.5, 0.6) is 0 Å². The van der Waals surface area contributed by atoms with Crippen LogP contribution in [0.2, 0.25) is 0 Å². The molecule has 31 heavy (non-hydrogen) atoms. The molecule has 0 aliphatic carbocycles. The van der Waals surface area contributed by atoms with Gasteiger partial charge in [0.05, 0.1) is 11.1 Å². The molecule has 4 aromatic rings. The fourth-order valence-corrected chi connectivity index (χ4v) is 2.88. The molecule has 0 aliphatic rings. The van der Waals surface area contributed by atoms with E-state index >= 15 is 0 Å². The lowest BCUT2D eigenvalue weighted by atomic mass is 10.1. The van der Waals surface area contributed by atoms with Crippen molar-refractivity contribution in [2.75, 3.05) is 10.6 Å². The normalized spacial score (nSPS) is 11.3. The molecular weight excluding hydrogens is 411 g/mol. The van der Waals surface area contributed by atoms with Crippen molar-refractivity contribution >= 4 is 28.8 Å². The van der Waals surface area contributed by atoms with Crippen LogP contribution in [0.4, 0.5) is 24.5 Å². The Hall–Kier alpha value is -4.21. The van der Waals surface area contributed by atoms with Gasteiger partial charge < -0.3 is 10.6 Å². The highest BCUT2D eigenvalue weighted by Gasteiger charge is 2.30. The smallest absolute Gasteiger partial charge is 0.322 e. The summed E-state index contributed by atoms with van der Waals surface area (Å²) in [6.45, 7) is 0. The average Bonchev–Trinajstić information content (AvgIpc) is 3.21. The van der Waals surface area contributed by atoms with Gasteiger partial charge in [0, 0.05) is 23.1 Å². The molecule has 0 saturated heterocycles. The molecule has 2 aromatic heterocycles. The van der Waals surface area contributed by atoms with Gasteiger partial charge >= 0.3 is 6.18 Å². The molecule has 2 amide bonds. The molecule has 156 valence electrons. The Bertz CT molecular complexity index is 1280. The number of hydrogen-bond acceptors (Lipinski definition) is 4. The van der Waals surface area contributed by atoms with Gasteiger partial charge in [-0.3, -0.25) is 14.0 Å². The van der Waals surface area contributed by atoms with Crippen molar-refractivity contribution in [2.24, 2.45) is 0 Å². The van der Waals surface area contributed by atoms with E-state index in [1.54, 1.807) is 34.9 Å². The second-order valence-corrected chi connectivity index (χ2v) is 6.58. The van der Waals surface area contributed by atoms with Gasteiger partial charge in [-0.2, -0.15) is 13.2 Å². The number of benzene rings is 2. The van der Waals surface area contributed by atoms with E-state index in [2.05, 4.69) is 20.8 Å². The highest BCUT2D eigenvalue weighted by Crippen LogP contribution is 2.30. The van der Waals surface area contributed by atoms with Crippen LogP contribution >= 0.6 is 0 Å². The Kier molecular flexibility index (Phi) is 5.12. The summed E-state index contributed by atoms with van der Waals surface area (Å²) < 4.78 is 40.1. The van der Waals surface area contributed by atoms with E-state index in [4.69, 9.17) is 0 Å². The topological polar surface area (TPSA) is 88.4 Å². The van der Waals surface area contributed by atoms with Gasteiger partial charge in [-0.15, -0.1) is 10.2 Å². The number of hydrogen-bond donors (Lipinski definition) is 2.